The van der Waals surface area contributed by atoms with Crippen molar-refractivity contribution in [2.45, 2.75) is 57.8 Å². The first-order chi connectivity index (χ1) is 14.3. The molecule has 4 atom stereocenters. The lowest BCUT2D eigenvalue weighted by Gasteiger charge is -2.21. The van der Waals surface area contributed by atoms with Gasteiger partial charge in [-0.1, -0.05) is 71.9 Å². The zero-order valence-corrected chi connectivity index (χ0v) is 17.4. The molecule has 4 unspecified atom stereocenters. The maximum atomic E-state index is 13.3. The maximum absolute atomic E-state index is 13.3. The first kappa shape index (κ1) is 18.9. The van der Waals surface area contributed by atoms with E-state index in [1.165, 1.54) is 36.0 Å². The van der Waals surface area contributed by atoms with E-state index >= 15 is 0 Å². The Morgan fingerprint density at radius 3 is 2.34 bits per heavy atom. The molecule has 29 heavy (non-hydrogen) atoms. The molecule has 1 fully saturated rings. The van der Waals surface area contributed by atoms with Crippen molar-refractivity contribution >= 4 is 5.78 Å². The second kappa shape index (κ2) is 8.30. The summed E-state index contributed by atoms with van der Waals surface area (Å²) in [6.07, 6.45) is 32.4. The fourth-order valence-electron chi connectivity index (χ4n) is 6.06. The molecule has 5 aliphatic carbocycles. The van der Waals surface area contributed by atoms with Gasteiger partial charge in [0, 0.05) is 12.3 Å². The van der Waals surface area contributed by atoms with Gasteiger partial charge in [0.2, 0.25) is 0 Å². The van der Waals surface area contributed by atoms with Crippen LogP contribution in [-0.2, 0) is 4.79 Å². The van der Waals surface area contributed by atoms with Crippen LogP contribution in [0.15, 0.2) is 83.1 Å². The average molecular weight is 385 g/mol. The van der Waals surface area contributed by atoms with Crippen molar-refractivity contribution < 1.29 is 4.79 Å². The van der Waals surface area contributed by atoms with E-state index in [2.05, 4.69) is 60.8 Å². The van der Waals surface area contributed by atoms with Gasteiger partial charge in [-0.3, -0.25) is 4.79 Å². The Morgan fingerprint density at radius 1 is 0.862 bits per heavy atom. The predicted octanol–water partition coefficient (Wildman–Crippen LogP) is 6.97. The monoisotopic (exact) mass is 384 g/mol. The molecule has 0 heterocycles. The lowest BCUT2D eigenvalue weighted by molar-refractivity contribution is -0.122. The third kappa shape index (κ3) is 3.97. The fourth-order valence-corrected chi connectivity index (χ4v) is 6.06. The first-order valence-electron chi connectivity index (χ1n) is 11.6. The minimum absolute atomic E-state index is 0.0941. The summed E-state index contributed by atoms with van der Waals surface area (Å²) >= 11 is 0. The number of carbonyl (C=O) groups is 1. The third-order valence-corrected chi connectivity index (χ3v) is 7.75. The minimum atomic E-state index is 0.0941. The lowest BCUT2D eigenvalue weighted by atomic mass is 9.82. The average Bonchev–Trinajstić information content (AvgIpc) is 3.56. The van der Waals surface area contributed by atoms with Crippen molar-refractivity contribution in [2.24, 2.45) is 23.7 Å². The van der Waals surface area contributed by atoms with Gasteiger partial charge in [0.1, 0.15) is 5.78 Å². The van der Waals surface area contributed by atoms with Crippen LogP contribution in [0.5, 0.6) is 0 Å². The quantitative estimate of drug-likeness (QED) is 0.463. The second-order valence-corrected chi connectivity index (χ2v) is 9.48. The van der Waals surface area contributed by atoms with Crippen molar-refractivity contribution in [1.82, 2.24) is 0 Å². The number of hydrogen-bond donors (Lipinski definition) is 0. The number of allylic oxidation sites excluding steroid dienone is 14. The Bertz CT molecular complexity index is 885. The highest BCUT2D eigenvalue weighted by Crippen LogP contribution is 2.44. The third-order valence-electron chi connectivity index (χ3n) is 7.75. The molecule has 1 saturated carbocycles. The van der Waals surface area contributed by atoms with E-state index in [4.69, 9.17) is 0 Å². The van der Waals surface area contributed by atoms with Crippen molar-refractivity contribution in [3.05, 3.63) is 83.1 Å². The predicted molar refractivity (Wildman–Crippen MR) is 120 cm³/mol. The highest BCUT2D eigenvalue weighted by atomic mass is 16.1. The Balaban J connectivity index is 1.21. The zero-order valence-electron chi connectivity index (χ0n) is 17.4. The van der Waals surface area contributed by atoms with E-state index < -0.39 is 0 Å². The van der Waals surface area contributed by atoms with Crippen LogP contribution in [0, 0.1) is 23.7 Å². The number of ketones is 1. The molecule has 0 amide bonds. The molecule has 5 aliphatic rings. The topological polar surface area (TPSA) is 17.1 Å². The molecule has 150 valence electrons. The SMILES string of the molecule is O=C(CCC1CCC(C2=CC=CC2)C1)C1C=C(C2=CC=CC2)CC1C1=CC=CC1. The van der Waals surface area contributed by atoms with E-state index in [1.807, 2.05) is 0 Å². The van der Waals surface area contributed by atoms with Crippen LogP contribution in [0.1, 0.15) is 57.8 Å². The summed E-state index contributed by atoms with van der Waals surface area (Å²) in [6, 6.07) is 0. The van der Waals surface area contributed by atoms with Gasteiger partial charge in [-0.2, -0.15) is 0 Å². The van der Waals surface area contributed by atoms with Crippen molar-refractivity contribution in [2.75, 3.05) is 0 Å². The van der Waals surface area contributed by atoms with Gasteiger partial charge in [0.15, 0.2) is 0 Å². The molecule has 0 aliphatic heterocycles. The molecule has 5 rings (SSSR count). The van der Waals surface area contributed by atoms with Gasteiger partial charge in [-0.15, -0.1) is 0 Å². The van der Waals surface area contributed by atoms with E-state index in [0.717, 1.165) is 50.4 Å². The molecule has 0 radical (unpaired) electrons. The summed E-state index contributed by atoms with van der Waals surface area (Å²) in [6.45, 7) is 0. The number of Topliss-reactive ketones (excluding diaryl/α,β-unsaturated/α-hetero) is 1. The summed E-state index contributed by atoms with van der Waals surface area (Å²) in [5.74, 6) is 2.47. The zero-order chi connectivity index (χ0) is 19.6. The molecular weight excluding hydrogens is 352 g/mol. The summed E-state index contributed by atoms with van der Waals surface area (Å²) < 4.78 is 0. The Morgan fingerprint density at radius 2 is 1.62 bits per heavy atom. The van der Waals surface area contributed by atoms with Crippen LogP contribution in [-0.4, -0.2) is 5.78 Å². The highest BCUT2D eigenvalue weighted by molar-refractivity contribution is 5.84. The number of rotatable bonds is 7. The standard InChI is InChI=1S/C28H32O/c29-28(16-14-20-13-15-24(17-20)21-7-1-2-8-21)27-19-25(22-9-3-4-10-22)18-26(27)23-11-5-6-12-23/h1-7,9,11,19-20,24,26-27H,8,10,12-18H2. The second-order valence-electron chi connectivity index (χ2n) is 9.48. The summed E-state index contributed by atoms with van der Waals surface area (Å²) in [7, 11) is 0. The summed E-state index contributed by atoms with van der Waals surface area (Å²) in [5, 5.41) is 0. The molecule has 0 aromatic carbocycles. The van der Waals surface area contributed by atoms with Crippen LogP contribution in [0.4, 0.5) is 0 Å². The summed E-state index contributed by atoms with van der Waals surface area (Å²) in [5.41, 5.74) is 5.94. The fraction of sp³-hybridized carbons (Fsp3) is 0.464. The van der Waals surface area contributed by atoms with Crippen LogP contribution < -0.4 is 0 Å². The van der Waals surface area contributed by atoms with Crippen LogP contribution in [0.3, 0.4) is 0 Å². The number of carbonyl (C=O) groups excluding carboxylic acids is 1. The smallest absolute Gasteiger partial charge is 0.140 e. The molecule has 0 bridgehead atoms. The molecular formula is C28H32O. The molecule has 0 N–H and O–H groups in total. The van der Waals surface area contributed by atoms with Gasteiger partial charge in [0.25, 0.3) is 0 Å². The molecule has 0 saturated heterocycles. The first-order valence-corrected chi connectivity index (χ1v) is 11.6. The van der Waals surface area contributed by atoms with Crippen molar-refractivity contribution in [1.29, 1.82) is 0 Å². The highest BCUT2D eigenvalue weighted by Gasteiger charge is 2.36. The number of hydrogen-bond acceptors (Lipinski definition) is 1. The maximum Gasteiger partial charge on any atom is 0.140 e. The van der Waals surface area contributed by atoms with E-state index in [-0.39, 0.29) is 5.92 Å². The van der Waals surface area contributed by atoms with Gasteiger partial charge in [-0.05, 0) is 80.3 Å². The molecule has 0 spiro atoms. The van der Waals surface area contributed by atoms with Gasteiger partial charge < -0.3 is 0 Å². The van der Waals surface area contributed by atoms with Crippen LogP contribution >= 0.6 is 0 Å². The largest absolute Gasteiger partial charge is 0.299 e. The Hall–Kier alpha value is -2.15. The van der Waals surface area contributed by atoms with Gasteiger partial charge in [0.05, 0.1) is 0 Å². The van der Waals surface area contributed by atoms with Crippen molar-refractivity contribution in [3.8, 4) is 0 Å². The Kier molecular flexibility index (Phi) is 5.40. The van der Waals surface area contributed by atoms with E-state index in [1.54, 1.807) is 5.57 Å². The minimum Gasteiger partial charge on any atom is -0.299 e. The Labute approximate surface area is 175 Å². The molecule has 1 nitrogen and oxygen atoms in total. The normalized spacial score (nSPS) is 32.7. The summed E-state index contributed by atoms with van der Waals surface area (Å²) in [4.78, 5) is 13.3. The van der Waals surface area contributed by atoms with E-state index in [9.17, 15) is 4.79 Å². The molecule has 0 aromatic heterocycles. The lowest BCUT2D eigenvalue weighted by Crippen LogP contribution is -2.20. The van der Waals surface area contributed by atoms with Crippen LogP contribution in [0.25, 0.3) is 0 Å². The van der Waals surface area contributed by atoms with Crippen LogP contribution in [0.2, 0.25) is 0 Å². The van der Waals surface area contributed by atoms with E-state index in [0.29, 0.717) is 11.7 Å². The van der Waals surface area contributed by atoms with Crippen molar-refractivity contribution in [3.63, 3.8) is 0 Å². The van der Waals surface area contributed by atoms with Gasteiger partial charge >= 0.3 is 0 Å². The van der Waals surface area contributed by atoms with Gasteiger partial charge in [-0.25, -0.2) is 0 Å². The molecule has 0 aromatic rings. The molecule has 1 heteroatoms.